The summed E-state index contributed by atoms with van der Waals surface area (Å²) in [6, 6.07) is -0.163. The highest BCUT2D eigenvalue weighted by molar-refractivity contribution is 7.50. The number of amides is 1. The minimum atomic E-state index is -4.60. The number of alkyl halides is 2. The number of hydrogen-bond acceptors (Lipinski definition) is 7. The van der Waals surface area contributed by atoms with E-state index < -0.39 is 61.9 Å². The fourth-order valence-corrected chi connectivity index (χ4v) is 4.34. The number of nitrogens with zero attached hydrogens (tertiary/aromatic N) is 2. The number of carbonyl (C=O) groups is 1. The number of hydrogen-bond donors (Lipinski definition) is 4. The van der Waals surface area contributed by atoms with E-state index in [0.717, 1.165) is 12.3 Å². The maximum Gasteiger partial charge on any atom is 0.403 e. The molecule has 0 aromatic carbocycles. The van der Waals surface area contributed by atoms with Gasteiger partial charge in [0.25, 0.3) is 5.56 Å². The van der Waals surface area contributed by atoms with Crippen molar-refractivity contribution in [3.05, 3.63) is 33.1 Å². The maximum absolute atomic E-state index is 14.4. The number of aromatic nitrogens is 2. The van der Waals surface area contributed by atoms with Crippen LogP contribution in [0.2, 0.25) is 0 Å². The van der Waals surface area contributed by atoms with Gasteiger partial charge >= 0.3 is 19.4 Å². The van der Waals surface area contributed by atoms with E-state index in [1.54, 1.807) is 4.98 Å². The van der Waals surface area contributed by atoms with Crippen molar-refractivity contribution in [3.8, 4) is 0 Å². The number of likely N-dealkylation sites (N-methyl/N-ethyl adjacent to an activating group) is 1. The quantitative estimate of drug-likeness (QED) is 0.385. The van der Waals surface area contributed by atoms with Crippen molar-refractivity contribution in [2.45, 2.75) is 43.2 Å². The average Bonchev–Trinajstić information content (AvgIpc) is 2.87. The van der Waals surface area contributed by atoms with Gasteiger partial charge < -0.3 is 19.6 Å². The summed E-state index contributed by atoms with van der Waals surface area (Å²) >= 11 is 0. The summed E-state index contributed by atoms with van der Waals surface area (Å²) in [6.07, 6.45) is -4.86. The molecular weight excluding hydrogens is 433 g/mol. The van der Waals surface area contributed by atoms with E-state index in [1.807, 2.05) is 0 Å². The molecule has 15 heteroatoms. The molecule has 0 radical (unpaired) electrons. The highest BCUT2D eigenvalue weighted by Crippen LogP contribution is 2.45. The van der Waals surface area contributed by atoms with Crippen molar-refractivity contribution in [2.24, 2.45) is 0 Å². The van der Waals surface area contributed by atoms with Crippen molar-refractivity contribution in [1.82, 2.24) is 19.5 Å². The number of likely N-dealkylation sites (tertiary alicyclic amines) is 1. The number of carbonyl (C=O) groups excluding carboxylic acids is 1. The van der Waals surface area contributed by atoms with Gasteiger partial charge in [0.2, 0.25) is 12.1 Å². The van der Waals surface area contributed by atoms with E-state index in [4.69, 9.17) is 9.26 Å². The number of rotatable bonds is 6. The van der Waals surface area contributed by atoms with Crippen LogP contribution in [0.1, 0.15) is 19.1 Å². The van der Waals surface area contributed by atoms with Gasteiger partial charge in [-0.2, -0.15) is 8.78 Å². The first-order valence-electron chi connectivity index (χ1n) is 8.95. The summed E-state index contributed by atoms with van der Waals surface area (Å²) in [7, 11) is -3.07. The second kappa shape index (κ2) is 8.29. The molecule has 3 heterocycles. The summed E-state index contributed by atoms with van der Waals surface area (Å²) in [5.74, 6) is -4.38. The number of piperidine rings is 1. The van der Waals surface area contributed by atoms with Crippen LogP contribution in [0.4, 0.5) is 8.78 Å². The molecule has 0 aliphatic carbocycles. The monoisotopic (exact) mass is 454 g/mol. The third kappa shape index (κ3) is 4.53. The topological polar surface area (TPSA) is 163 Å². The normalized spacial score (nSPS) is 31.0. The van der Waals surface area contributed by atoms with Gasteiger partial charge in [0, 0.05) is 25.9 Å². The molecule has 0 bridgehead atoms. The molecule has 1 amide bonds. The number of aliphatic hydroxyl groups is 1. The number of halogens is 2. The number of H-pyrrole nitrogens is 1. The largest absolute Gasteiger partial charge is 0.403 e. The summed E-state index contributed by atoms with van der Waals surface area (Å²) < 4.78 is 51.2. The van der Waals surface area contributed by atoms with Crippen LogP contribution in [0, 0.1) is 0 Å². The molecule has 0 spiro atoms. The van der Waals surface area contributed by atoms with Crippen LogP contribution in [0.3, 0.4) is 0 Å². The summed E-state index contributed by atoms with van der Waals surface area (Å²) in [4.78, 5) is 48.0. The predicted molar refractivity (Wildman–Crippen MR) is 95.8 cm³/mol. The molecule has 12 nitrogen and oxygen atoms in total. The second-order valence-electron chi connectivity index (χ2n) is 7.06. The Morgan fingerprint density at radius 1 is 1.43 bits per heavy atom. The van der Waals surface area contributed by atoms with E-state index in [-0.39, 0.29) is 6.42 Å². The van der Waals surface area contributed by atoms with Crippen LogP contribution >= 0.6 is 7.75 Å². The molecule has 5 atom stereocenters. The molecule has 168 valence electrons. The number of ether oxygens (including phenoxy) is 1. The van der Waals surface area contributed by atoms with E-state index in [0.29, 0.717) is 17.5 Å². The zero-order valence-electron chi connectivity index (χ0n) is 15.7. The fraction of sp³-hybridized carbons (Fsp3) is 0.667. The van der Waals surface area contributed by atoms with Crippen LogP contribution in [0.25, 0.3) is 0 Å². The lowest BCUT2D eigenvalue weighted by atomic mass is 10.1. The molecule has 4 N–H and O–H groups in total. The van der Waals surface area contributed by atoms with E-state index in [1.165, 1.54) is 11.9 Å². The fourth-order valence-electron chi connectivity index (χ4n) is 3.28. The van der Waals surface area contributed by atoms with Gasteiger partial charge in [0.15, 0.2) is 6.10 Å². The Labute approximate surface area is 168 Å². The molecule has 2 saturated heterocycles. The van der Waals surface area contributed by atoms with Crippen molar-refractivity contribution in [1.29, 1.82) is 0 Å². The molecule has 2 unspecified atom stereocenters. The summed E-state index contributed by atoms with van der Waals surface area (Å²) in [5.41, 5.74) is -2.00. The molecule has 2 aliphatic heterocycles. The van der Waals surface area contributed by atoms with Gasteiger partial charge in [-0.1, -0.05) is 0 Å². The Balaban J connectivity index is 1.68. The van der Waals surface area contributed by atoms with Gasteiger partial charge in [-0.15, -0.1) is 0 Å². The van der Waals surface area contributed by atoms with Gasteiger partial charge in [-0.3, -0.25) is 23.7 Å². The van der Waals surface area contributed by atoms with E-state index in [9.17, 15) is 37.7 Å². The second-order valence-corrected chi connectivity index (χ2v) is 8.62. The highest BCUT2D eigenvalue weighted by Gasteiger charge is 2.60. The standard InChI is InChI=1S/C15H21F2N4O8P/c1-20-5-2-3-8(12(20)24)19-30(26,27)28-7-9-11(23)15(16,17)13(29-9)21-6-4-10(22)18-14(21)25/h4,6,8-9,11,13,23H,2-3,5,7H2,1H3,(H,18,22,25)(H2,19,26,27)/t8?,9-,11-,13-/m1/s1. The maximum atomic E-state index is 14.4. The predicted octanol–water partition coefficient (Wildman–Crippen LogP) is -1.24. The highest BCUT2D eigenvalue weighted by atomic mass is 31.2. The SMILES string of the molecule is CN1CCCC(NP(=O)(O)OC[C@H]2O[C@@H](n3ccc(=O)[nH]c3=O)C(F)(F)[C@@H]2O)C1=O. The van der Waals surface area contributed by atoms with E-state index >= 15 is 0 Å². The summed E-state index contributed by atoms with van der Waals surface area (Å²) in [6.45, 7) is -0.431. The van der Waals surface area contributed by atoms with Gasteiger partial charge in [0.1, 0.15) is 6.10 Å². The van der Waals surface area contributed by atoms with Crippen LogP contribution in [0.5, 0.6) is 0 Å². The molecule has 2 fully saturated rings. The van der Waals surface area contributed by atoms with Crippen LogP contribution in [0.15, 0.2) is 21.9 Å². The van der Waals surface area contributed by atoms with Crippen molar-refractivity contribution >= 4 is 13.7 Å². The van der Waals surface area contributed by atoms with Gasteiger partial charge in [-0.25, -0.2) is 14.4 Å². The lowest BCUT2D eigenvalue weighted by Crippen LogP contribution is -2.48. The zero-order valence-corrected chi connectivity index (χ0v) is 16.6. The molecule has 1 aromatic heterocycles. The Morgan fingerprint density at radius 2 is 2.13 bits per heavy atom. The van der Waals surface area contributed by atoms with Gasteiger partial charge in [-0.05, 0) is 12.8 Å². The first-order chi connectivity index (χ1) is 13.9. The molecule has 30 heavy (non-hydrogen) atoms. The van der Waals surface area contributed by atoms with Crippen molar-refractivity contribution in [3.63, 3.8) is 0 Å². The third-order valence-corrected chi connectivity index (χ3v) is 6.01. The minimum absolute atomic E-state index is 0.287. The first kappa shape index (κ1) is 22.7. The molecule has 2 aliphatic rings. The Hall–Kier alpha value is -1.96. The number of aliphatic hydroxyl groups excluding tert-OH is 1. The third-order valence-electron chi connectivity index (χ3n) is 4.88. The summed E-state index contributed by atoms with van der Waals surface area (Å²) in [5, 5.41) is 12.1. The molecule has 3 rings (SSSR count). The lowest BCUT2D eigenvalue weighted by molar-refractivity contribution is -0.141. The van der Waals surface area contributed by atoms with Gasteiger partial charge in [0.05, 0.1) is 12.6 Å². The molecular formula is C15H21F2N4O8P. The van der Waals surface area contributed by atoms with Crippen LogP contribution < -0.4 is 16.3 Å². The Bertz CT molecular complexity index is 968. The lowest BCUT2D eigenvalue weighted by Gasteiger charge is -2.30. The molecule has 0 saturated carbocycles. The Kier molecular flexibility index (Phi) is 6.28. The average molecular weight is 454 g/mol. The first-order valence-corrected chi connectivity index (χ1v) is 10.5. The minimum Gasteiger partial charge on any atom is -0.384 e. The van der Waals surface area contributed by atoms with Crippen molar-refractivity contribution in [2.75, 3.05) is 20.2 Å². The van der Waals surface area contributed by atoms with E-state index in [2.05, 4.69) is 5.09 Å². The number of nitrogens with one attached hydrogen (secondary N) is 2. The van der Waals surface area contributed by atoms with Crippen LogP contribution in [-0.2, 0) is 18.6 Å². The zero-order chi connectivity index (χ0) is 22.3. The Morgan fingerprint density at radius 3 is 2.80 bits per heavy atom. The van der Waals surface area contributed by atoms with Crippen LogP contribution in [-0.4, -0.2) is 74.7 Å². The van der Waals surface area contributed by atoms with Crippen molar-refractivity contribution < 1.29 is 37.4 Å². The number of aromatic amines is 1. The molecule has 1 aromatic rings. The smallest absolute Gasteiger partial charge is 0.384 e.